The third-order valence-corrected chi connectivity index (χ3v) is 5.18. The summed E-state index contributed by atoms with van der Waals surface area (Å²) in [5.74, 6) is 0. The van der Waals surface area contributed by atoms with Crippen LogP contribution in [-0.2, 0) is 0 Å². The quantitative estimate of drug-likeness (QED) is 0.806. The summed E-state index contributed by atoms with van der Waals surface area (Å²) in [6.45, 7) is 8.08. The standard InChI is InChI=1S/C14H26N2OS/c1-10(2)16-14(9-15)7-5-6-13(8-14)18-12(4)11(3)17/h10-13,16-17H,5-8H2,1-4H3. The Kier molecular flexibility index (Phi) is 5.97. The van der Waals surface area contributed by atoms with Crippen LogP contribution >= 0.6 is 11.8 Å². The Morgan fingerprint density at radius 3 is 2.56 bits per heavy atom. The molecule has 0 aromatic rings. The number of nitriles is 1. The Bertz CT molecular complexity index is 301. The molecule has 0 radical (unpaired) electrons. The Morgan fingerprint density at radius 2 is 2.06 bits per heavy atom. The highest BCUT2D eigenvalue weighted by molar-refractivity contribution is 8.00. The van der Waals surface area contributed by atoms with Gasteiger partial charge in [0.2, 0.25) is 0 Å². The van der Waals surface area contributed by atoms with Gasteiger partial charge < -0.3 is 5.11 Å². The maximum absolute atomic E-state index is 9.58. The monoisotopic (exact) mass is 270 g/mol. The van der Waals surface area contributed by atoms with Crippen LogP contribution in [0.15, 0.2) is 0 Å². The summed E-state index contributed by atoms with van der Waals surface area (Å²) >= 11 is 1.83. The SMILES string of the molecule is CC(C)NC1(C#N)CCCC(SC(C)C(C)O)C1. The lowest BCUT2D eigenvalue weighted by Crippen LogP contribution is -2.51. The lowest BCUT2D eigenvalue weighted by Gasteiger charge is -2.38. The molecule has 3 nitrogen and oxygen atoms in total. The zero-order chi connectivity index (χ0) is 13.8. The van der Waals surface area contributed by atoms with Gasteiger partial charge in [-0.05, 0) is 46.5 Å². The highest BCUT2D eigenvalue weighted by atomic mass is 32.2. The third kappa shape index (κ3) is 4.46. The summed E-state index contributed by atoms with van der Waals surface area (Å²) in [5, 5.41) is 23.2. The number of thioether (sulfide) groups is 1. The van der Waals surface area contributed by atoms with Crippen molar-refractivity contribution in [2.45, 2.75) is 81.6 Å². The molecule has 104 valence electrons. The Labute approximate surface area is 115 Å². The molecule has 0 amide bonds. The lowest BCUT2D eigenvalue weighted by molar-refractivity contribution is 0.195. The smallest absolute Gasteiger partial charge is 0.108 e. The van der Waals surface area contributed by atoms with Crippen LogP contribution in [0.4, 0.5) is 0 Å². The molecule has 1 fully saturated rings. The van der Waals surface area contributed by atoms with Crippen molar-refractivity contribution in [3.63, 3.8) is 0 Å². The van der Waals surface area contributed by atoms with E-state index in [2.05, 4.69) is 32.2 Å². The zero-order valence-electron chi connectivity index (χ0n) is 11.9. The van der Waals surface area contributed by atoms with E-state index in [9.17, 15) is 10.4 Å². The minimum Gasteiger partial charge on any atom is -0.392 e. The molecule has 4 unspecified atom stereocenters. The van der Waals surface area contributed by atoms with Crippen molar-refractivity contribution in [1.82, 2.24) is 5.32 Å². The second kappa shape index (κ2) is 6.79. The van der Waals surface area contributed by atoms with E-state index in [0.717, 1.165) is 25.7 Å². The number of nitrogens with one attached hydrogen (secondary N) is 1. The van der Waals surface area contributed by atoms with E-state index in [1.54, 1.807) is 0 Å². The fourth-order valence-corrected chi connectivity index (χ4v) is 4.09. The Morgan fingerprint density at radius 1 is 1.39 bits per heavy atom. The van der Waals surface area contributed by atoms with Crippen LogP contribution < -0.4 is 5.32 Å². The number of aliphatic hydroxyl groups is 1. The van der Waals surface area contributed by atoms with Gasteiger partial charge >= 0.3 is 0 Å². The van der Waals surface area contributed by atoms with Gasteiger partial charge in [-0.2, -0.15) is 17.0 Å². The third-order valence-electron chi connectivity index (χ3n) is 3.57. The first-order valence-electron chi connectivity index (χ1n) is 6.91. The summed E-state index contributed by atoms with van der Waals surface area (Å²) in [4.78, 5) is 0. The van der Waals surface area contributed by atoms with Crippen molar-refractivity contribution in [2.75, 3.05) is 0 Å². The summed E-state index contributed by atoms with van der Waals surface area (Å²) in [7, 11) is 0. The molecule has 1 saturated carbocycles. The largest absolute Gasteiger partial charge is 0.392 e. The average molecular weight is 270 g/mol. The van der Waals surface area contributed by atoms with Gasteiger partial charge in [-0.25, -0.2) is 0 Å². The predicted molar refractivity (Wildman–Crippen MR) is 77.6 cm³/mol. The number of hydrogen-bond donors (Lipinski definition) is 2. The molecule has 4 heteroatoms. The number of nitrogens with zero attached hydrogens (tertiary/aromatic N) is 1. The fraction of sp³-hybridized carbons (Fsp3) is 0.929. The molecule has 1 rings (SSSR count). The molecular formula is C14H26N2OS. The molecule has 4 atom stereocenters. The first kappa shape index (κ1) is 15.8. The average Bonchev–Trinajstić information content (AvgIpc) is 2.28. The van der Waals surface area contributed by atoms with Crippen LogP contribution in [0.3, 0.4) is 0 Å². The predicted octanol–water partition coefficient (Wildman–Crippen LogP) is 2.69. The molecule has 0 bridgehead atoms. The highest BCUT2D eigenvalue weighted by Crippen LogP contribution is 2.37. The van der Waals surface area contributed by atoms with Gasteiger partial charge in [-0.1, -0.05) is 6.92 Å². The number of hydrogen-bond acceptors (Lipinski definition) is 4. The van der Waals surface area contributed by atoms with Gasteiger partial charge in [0.25, 0.3) is 0 Å². The van der Waals surface area contributed by atoms with Gasteiger partial charge in [0, 0.05) is 16.5 Å². The maximum Gasteiger partial charge on any atom is 0.108 e. The molecule has 1 aliphatic rings. The van der Waals surface area contributed by atoms with Crippen molar-refractivity contribution in [1.29, 1.82) is 5.26 Å². The van der Waals surface area contributed by atoms with Crippen LogP contribution in [0.2, 0.25) is 0 Å². The van der Waals surface area contributed by atoms with E-state index in [1.165, 1.54) is 0 Å². The van der Waals surface area contributed by atoms with E-state index in [1.807, 2.05) is 18.7 Å². The molecule has 2 N–H and O–H groups in total. The van der Waals surface area contributed by atoms with E-state index in [0.29, 0.717) is 11.3 Å². The molecule has 0 aromatic carbocycles. The van der Waals surface area contributed by atoms with E-state index < -0.39 is 0 Å². The van der Waals surface area contributed by atoms with Crippen LogP contribution in [-0.4, -0.2) is 33.3 Å². The molecular weight excluding hydrogens is 244 g/mol. The topological polar surface area (TPSA) is 56.0 Å². The summed E-state index contributed by atoms with van der Waals surface area (Å²) in [5.41, 5.74) is -0.359. The summed E-state index contributed by atoms with van der Waals surface area (Å²) in [6, 6.07) is 2.83. The van der Waals surface area contributed by atoms with Gasteiger partial charge in [0.1, 0.15) is 5.54 Å². The first-order chi connectivity index (χ1) is 8.38. The fourth-order valence-electron chi connectivity index (χ4n) is 2.58. The van der Waals surface area contributed by atoms with Crippen LogP contribution in [0.25, 0.3) is 0 Å². The Balaban J connectivity index is 2.61. The highest BCUT2D eigenvalue weighted by Gasteiger charge is 2.37. The van der Waals surface area contributed by atoms with Crippen molar-refractivity contribution in [3.8, 4) is 6.07 Å². The van der Waals surface area contributed by atoms with Crippen molar-refractivity contribution >= 4 is 11.8 Å². The minimum absolute atomic E-state index is 0.239. The lowest BCUT2D eigenvalue weighted by atomic mass is 9.82. The normalized spacial score (nSPS) is 31.9. The molecule has 0 aromatic heterocycles. The van der Waals surface area contributed by atoms with Crippen LogP contribution in [0, 0.1) is 11.3 Å². The second-order valence-corrected chi connectivity index (χ2v) is 7.48. The molecule has 1 aliphatic carbocycles. The maximum atomic E-state index is 9.58. The van der Waals surface area contributed by atoms with Crippen LogP contribution in [0.1, 0.15) is 53.4 Å². The van der Waals surface area contributed by atoms with Gasteiger partial charge in [-0.15, -0.1) is 0 Å². The van der Waals surface area contributed by atoms with E-state index in [4.69, 9.17) is 0 Å². The first-order valence-corrected chi connectivity index (χ1v) is 7.85. The Hall–Kier alpha value is -0.240. The van der Waals surface area contributed by atoms with Crippen molar-refractivity contribution in [2.24, 2.45) is 0 Å². The summed E-state index contributed by atoms with van der Waals surface area (Å²) in [6.07, 6.45) is 3.81. The molecule has 0 aliphatic heterocycles. The van der Waals surface area contributed by atoms with Gasteiger partial charge in [0.15, 0.2) is 0 Å². The van der Waals surface area contributed by atoms with E-state index in [-0.39, 0.29) is 16.9 Å². The van der Waals surface area contributed by atoms with Crippen molar-refractivity contribution in [3.05, 3.63) is 0 Å². The van der Waals surface area contributed by atoms with Crippen molar-refractivity contribution < 1.29 is 5.11 Å². The van der Waals surface area contributed by atoms with Gasteiger partial charge in [0.05, 0.1) is 12.2 Å². The molecule has 0 saturated heterocycles. The summed E-state index contributed by atoms with van der Waals surface area (Å²) < 4.78 is 0. The zero-order valence-corrected chi connectivity index (χ0v) is 12.8. The minimum atomic E-state index is -0.359. The number of aliphatic hydroxyl groups excluding tert-OH is 1. The molecule has 18 heavy (non-hydrogen) atoms. The van der Waals surface area contributed by atoms with Crippen LogP contribution in [0.5, 0.6) is 0 Å². The number of rotatable bonds is 5. The molecule has 0 spiro atoms. The van der Waals surface area contributed by atoms with E-state index >= 15 is 0 Å². The second-order valence-electron chi connectivity index (χ2n) is 5.79. The van der Waals surface area contributed by atoms with Gasteiger partial charge in [-0.3, -0.25) is 5.32 Å². The molecule has 0 heterocycles.